The Labute approximate surface area is 172 Å². The minimum atomic E-state index is -3.82. The second-order valence-corrected chi connectivity index (χ2v) is 10.4. The van der Waals surface area contributed by atoms with E-state index in [0.29, 0.717) is 28.1 Å². The Hall–Kier alpha value is -2.36. The monoisotopic (exact) mass is 434 g/mol. The zero-order valence-electron chi connectivity index (χ0n) is 16.6. The number of methoxy groups -OCH3 is 1. The van der Waals surface area contributed by atoms with E-state index in [0.717, 1.165) is 16.9 Å². The van der Waals surface area contributed by atoms with Gasteiger partial charge in [-0.15, -0.1) is 0 Å². The maximum Gasteiger partial charge on any atom is 0.307 e. The summed E-state index contributed by atoms with van der Waals surface area (Å²) in [6.07, 6.45) is 0.466. The highest BCUT2D eigenvalue weighted by Gasteiger charge is 2.36. The summed E-state index contributed by atoms with van der Waals surface area (Å²) in [5.41, 5.74) is 0.913. The van der Waals surface area contributed by atoms with Gasteiger partial charge in [-0.3, -0.25) is 4.79 Å². The highest BCUT2D eigenvalue weighted by molar-refractivity contribution is 7.89. The van der Waals surface area contributed by atoms with Crippen molar-refractivity contribution < 1.29 is 17.9 Å². The van der Waals surface area contributed by atoms with Gasteiger partial charge in [0.1, 0.15) is 17.1 Å². The predicted octanol–water partition coefficient (Wildman–Crippen LogP) is 3.19. The van der Waals surface area contributed by atoms with Crippen LogP contribution in [0.4, 0.5) is 0 Å². The second-order valence-electron chi connectivity index (χ2n) is 7.70. The molecule has 1 N–H and O–H groups in total. The van der Waals surface area contributed by atoms with Crippen LogP contribution >= 0.6 is 11.3 Å². The molecule has 2 heterocycles. The summed E-state index contributed by atoms with van der Waals surface area (Å²) in [6, 6.07) is 9.63. The third kappa shape index (κ3) is 3.65. The largest absolute Gasteiger partial charge is 0.497 e. The molecule has 2 aromatic carbocycles. The molecule has 7 nitrogen and oxygen atoms in total. The maximum atomic E-state index is 13.1. The Bertz CT molecular complexity index is 1260. The van der Waals surface area contributed by atoms with Gasteiger partial charge in [0.05, 0.1) is 28.3 Å². The first-order valence-electron chi connectivity index (χ1n) is 9.08. The van der Waals surface area contributed by atoms with E-state index < -0.39 is 21.7 Å². The molecule has 1 unspecified atom stereocenters. The van der Waals surface area contributed by atoms with Crippen molar-refractivity contribution in [1.82, 2.24) is 9.29 Å². The highest BCUT2D eigenvalue weighted by Crippen LogP contribution is 2.41. The van der Waals surface area contributed by atoms with Gasteiger partial charge in [-0.1, -0.05) is 11.3 Å². The van der Waals surface area contributed by atoms with Gasteiger partial charge in [0.25, 0.3) is 0 Å². The van der Waals surface area contributed by atoms with E-state index in [4.69, 9.17) is 9.47 Å². The van der Waals surface area contributed by atoms with Crippen LogP contribution in [0.2, 0.25) is 0 Å². The van der Waals surface area contributed by atoms with Crippen LogP contribution in [0.1, 0.15) is 31.9 Å². The molecule has 0 spiro atoms. The van der Waals surface area contributed by atoms with Crippen molar-refractivity contribution in [3.8, 4) is 11.5 Å². The molecule has 0 radical (unpaired) electrons. The number of hydrogen-bond donors (Lipinski definition) is 1. The van der Waals surface area contributed by atoms with Crippen molar-refractivity contribution in [2.45, 2.75) is 36.8 Å². The molecule has 1 aliphatic rings. The number of aromatic nitrogens is 1. The summed E-state index contributed by atoms with van der Waals surface area (Å²) < 4.78 is 42.6. The van der Waals surface area contributed by atoms with E-state index >= 15 is 0 Å². The van der Waals surface area contributed by atoms with E-state index in [-0.39, 0.29) is 9.77 Å². The third-order valence-corrected chi connectivity index (χ3v) is 7.51. The van der Waals surface area contributed by atoms with E-state index in [1.807, 2.05) is 13.8 Å². The quantitative estimate of drug-likeness (QED) is 0.682. The first-order valence-corrected chi connectivity index (χ1v) is 11.4. The zero-order chi connectivity index (χ0) is 21.0. The lowest BCUT2D eigenvalue weighted by Crippen LogP contribution is -2.41. The standard InChI is InChI=1S/C20H22N2O5S2/c1-20(2)11-15(14-9-12(26-4)5-8-17(14)27-20)21-29(24,25)13-6-7-16-18(10-13)28-19(23)22(16)3/h5-10,15,21H,11H2,1-4H3. The molecular weight excluding hydrogens is 412 g/mol. The fraction of sp³-hybridized carbons (Fsp3) is 0.350. The fourth-order valence-corrected chi connectivity index (χ4v) is 5.84. The summed E-state index contributed by atoms with van der Waals surface area (Å²) >= 11 is 1.03. The SMILES string of the molecule is COc1ccc2c(c1)C(NS(=O)(=O)c1ccc3c(c1)sc(=O)n3C)CC(C)(C)O2. The number of aryl methyl sites for hydroxylation is 1. The topological polar surface area (TPSA) is 86.6 Å². The Morgan fingerprint density at radius 2 is 2.00 bits per heavy atom. The van der Waals surface area contributed by atoms with Gasteiger partial charge in [0.15, 0.2) is 0 Å². The van der Waals surface area contributed by atoms with Crippen LogP contribution in [-0.2, 0) is 17.1 Å². The highest BCUT2D eigenvalue weighted by atomic mass is 32.2. The summed E-state index contributed by atoms with van der Waals surface area (Å²) in [5.74, 6) is 1.26. The number of rotatable bonds is 4. The van der Waals surface area contributed by atoms with Gasteiger partial charge < -0.3 is 14.0 Å². The first kappa shape index (κ1) is 19.9. The van der Waals surface area contributed by atoms with Gasteiger partial charge >= 0.3 is 4.87 Å². The molecule has 4 rings (SSSR count). The molecule has 0 fully saturated rings. The van der Waals surface area contributed by atoms with Gasteiger partial charge in [0, 0.05) is 19.0 Å². The number of ether oxygens (including phenoxy) is 2. The molecule has 0 aliphatic carbocycles. The van der Waals surface area contributed by atoms with Crippen molar-refractivity contribution in [2.24, 2.45) is 7.05 Å². The molecule has 3 aromatic rings. The summed E-state index contributed by atoms with van der Waals surface area (Å²) in [4.78, 5) is 11.9. The average Bonchev–Trinajstić information content (AvgIpc) is 2.94. The van der Waals surface area contributed by atoms with E-state index in [1.165, 1.54) is 10.6 Å². The van der Waals surface area contributed by atoms with Crippen LogP contribution in [0.15, 0.2) is 46.1 Å². The Morgan fingerprint density at radius 1 is 1.24 bits per heavy atom. The average molecular weight is 435 g/mol. The predicted molar refractivity (Wildman–Crippen MR) is 112 cm³/mol. The third-order valence-electron chi connectivity index (χ3n) is 5.05. The Kier molecular flexibility index (Phi) is 4.71. The van der Waals surface area contributed by atoms with Crippen LogP contribution in [-0.4, -0.2) is 25.7 Å². The van der Waals surface area contributed by atoms with Crippen molar-refractivity contribution in [2.75, 3.05) is 7.11 Å². The molecule has 1 aromatic heterocycles. The molecule has 0 bridgehead atoms. The Balaban J connectivity index is 1.73. The Morgan fingerprint density at radius 3 is 2.72 bits per heavy atom. The lowest BCUT2D eigenvalue weighted by Gasteiger charge is -2.37. The molecule has 154 valence electrons. The lowest BCUT2D eigenvalue weighted by atomic mass is 9.90. The molecule has 9 heteroatoms. The molecule has 1 aliphatic heterocycles. The minimum absolute atomic E-state index is 0.126. The minimum Gasteiger partial charge on any atom is -0.497 e. The number of thiazole rings is 1. The van der Waals surface area contributed by atoms with Gasteiger partial charge in [0.2, 0.25) is 10.0 Å². The van der Waals surface area contributed by atoms with Crippen LogP contribution in [0.5, 0.6) is 11.5 Å². The van der Waals surface area contributed by atoms with Crippen LogP contribution in [0.25, 0.3) is 10.2 Å². The second kappa shape index (κ2) is 6.86. The summed E-state index contributed by atoms with van der Waals surface area (Å²) in [5, 5.41) is 0. The molecule has 0 saturated carbocycles. The van der Waals surface area contributed by atoms with Gasteiger partial charge in [-0.25, -0.2) is 13.1 Å². The van der Waals surface area contributed by atoms with E-state index in [1.54, 1.807) is 44.5 Å². The van der Waals surface area contributed by atoms with Crippen LogP contribution in [0.3, 0.4) is 0 Å². The molecule has 0 amide bonds. The normalized spacial score (nSPS) is 18.3. The molecule has 29 heavy (non-hydrogen) atoms. The molecule has 1 atom stereocenters. The van der Waals surface area contributed by atoms with Crippen LogP contribution < -0.4 is 19.1 Å². The zero-order valence-corrected chi connectivity index (χ0v) is 18.2. The summed E-state index contributed by atoms with van der Waals surface area (Å²) in [6.45, 7) is 3.85. The number of fused-ring (bicyclic) bond motifs is 2. The van der Waals surface area contributed by atoms with Crippen molar-refractivity contribution in [1.29, 1.82) is 0 Å². The number of benzene rings is 2. The molecule has 0 saturated heterocycles. The number of hydrogen-bond acceptors (Lipinski definition) is 6. The maximum absolute atomic E-state index is 13.1. The smallest absolute Gasteiger partial charge is 0.307 e. The van der Waals surface area contributed by atoms with Gasteiger partial charge in [-0.05, 0) is 50.2 Å². The number of sulfonamides is 1. The van der Waals surface area contributed by atoms with Crippen molar-refractivity contribution in [3.63, 3.8) is 0 Å². The van der Waals surface area contributed by atoms with Crippen molar-refractivity contribution in [3.05, 3.63) is 51.6 Å². The van der Waals surface area contributed by atoms with E-state index in [2.05, 4.69) is 4.72 Å². The lowest BCUT2D eigenvalue weighted by molar-refractivity contribution is 0.0700. The van der Waals surface area contributed by atoms with Gasteiger partial charge in [-0.2, -0.15) is 0 Å². The summed E-state index contributed by atoms with van der Waals surface area (Å²) in [7, 11) is -0.585. The number of nitrogens with zero attached hydrogens (tertiary/aromatic N) is 1. The molecular formula is C20H22N2O5S2. The fourth-order valence-electron chi connectivity index (χ4n) is 3.60. The van der Waals surface area contributed by atoms with Crippen LogP contribution in [0, 0.1) is 0 Å². The van der Waals surface area contributed by atoms with Crippen molar-refractivity contribution >= 4 is 31.6 Å². The first-order chi connectivity index (χ1) is 13.6. The number of nitrogens with one attached hydrogen (secondary N) is 1. The van der Waals surface area contributed by atoms with E-state index in [9.17, 15) is 13.2 Å².